The zero-order chi connectivity index (χ0) is 89.7. The SMILES string of the molecule is Brc1ccc(N=Cc2cc(C=Nc3ccc(Br)cc3)cc([B-]34Oc5cc[n+](cc5O3)[B-]3(c5cc(C=Nc6ccc(Br)cc6)cc(C=Nc6ccc(Br)cc6)c5)Oc5ccc[n+](c5O3)[B-]3(c5cc(C=Nc6ccc(Br)cc6)cc(C=Nc6ccc(Br)cc6)c5)Oc5cc[n+](cc5O3)[B-]3(c5cc(C=Nc6ccc(Br)cc6)cc(C=Nc6ccc(Br)cc6)c5)Oc5cc[n+]4cc5O3)c2)cc1. The van der Waals surface area contributed by atoms with E-state index in [9.17, 15) is 0 Å². The molecule has 0 amide bonds. The van der Waals surface area contributed by atoms with E-state index in [-0.39, 0.29) is 11.6 Å². The molecule has 20 nitrogen and oxygen atoms in total. The van der Waals surface area contributed by atoms with Gasteiger partial charge in [0.1, 0.15) is 42.0 Å². The van der Waals surface area contributed by atoms with Crippen LogP contribution in [0.2, 0.25) is 0 Å². The predicted octanol–water partition coefficient (Wildman–Crippen LogP) is 21.9. The summed E-state index contributed by atoms with van der Waals surface area (Å²) in [7, 11) is 0. The van der Waals surface area contributed by atoms with E-state index in [0.717, 1.165) is 58.5 Å². The molecule has 0 radical (unpaired) electrons. The summed E-state index contributed by atoms with van der Waals surface area (Å²) in [6.45, 7) is -12.5. The molecule has 640 valence electrons. The maximum Gasteiger partial charge on any atom is 0.688 e. The minimum atomic E-state index is -3.19. The first-order valence-corrected chi connectivity index (χ1v) is 47.9. The molecule has 11 bridgehead atoms. The van der Waals surface area contributed by atoms with E-state index in [0.29, 0.717) is 124 Å². The number of pyridine rings is 4. The topological polar surface area (TPSA) is 188 Å². The number of rotatable bonds is 20. The molecule has 132 heavy (non-hydrogen) atoms. The first-order chi connectivity index (χ1) is 64.3. The van der Waals surface area contributed by atoms with E-state index in [1.165, 1.54) is 0 Å². The van der Waals surface area contributed by atoms with Gasteiger partial charge in [-0.25, -0.2) is 0 Å². The number of fused-ring (bicyclic) bond motifs is 11. The van der Waals surface area contributed by atoms with Crippen LogP contribution in [0.1, 0.15) is 44.5 Å². The Hall–Kier alpha value is -12.9. The second kappa shape index (κ2) is 36.3. The molecule has 32 heteroatoms. The average Bonchev–Trinajstić information content (AvgIpc) is 1.54. The fraction of sp³-hybridized carbons (Fsp3) is 0. The van der Waals surface area contributed by atoms with E-state index >= 15 is 0 Å². The van der Waals surface area contributed by atoms with E-state index < -0.39 is 26.7 Å². The molecule has 5 aliphatic rings. The van der Waals surface area contributed by atoms with Crippen LogP contribution in [0.5, 0.6) is 46.1 Å². The lowest BCUT2D eigenvalue weighted by molar-refractivity contribution is -0.585. The third-order valence-electron chi connectivity index (χ3n) is 22.7. The molecule has 4 aromatic heterocycles. The van der Waals surface area contributed by atoms with Gasteiger partial charge < -0.3 is 55.1 Å². The summed E-state index contributed by atoms with van der Waals surface area (Å²) in [6.07, 6.45) is 27.6. The number of hydrogen-bond donors (Lipinski definition) is 0. The summed E-state index contributed by atoms with van der Waals surface area (Å²) in [6, 6.07) is 95.7. The van der Waals surface area contributed by atoms with Crippen molar-refractivity contribution in [1.29, 1.82) is 0 Å². The largest absolute Gasteiger partial charge is 0.688 e. The molecule has 4 atom stereocenters. The van der Waals surface area contributed by atoms with Crippen LogP contribution < -0.4 is 77.0 Å². The molecule has 9 heterocycles. The summed E-state index contributed by atoms with van der Waals surface area (Å²) in [5.74, 6) is 2.46. The van der Waals surface area contributed by atoms with Crippen molar-refractivity contribution in [3.05, 3.63) is 421 Å². The highest BCUT2D eigenvalue weighted by Gasteiger charge is 2.63. The molecule has 4 unspecified atom stereocenters. The first-order valence-electron chi connectivity index (χ1n) is 41.6. The highest BCUT2D eigenvalue weighted by Crippen LogP contribution is 2.44. The third kappa shape index (κ3) is 18.0. The van der Waals surface area contributed by atoms with Crippen LogP contribution in [0, 0.1) is 0 Å². The highest BCUT2D eigenvalue weighted by atomic mass is 79.9. The zero-order valence-corrected chi connectivity index (χ0v) is 81.6. The van der Waals surface area contributed by atoms with Crippen molar-refractivity contribution in [1.82, 2.24) is 0 Å². The molecular formula is C100H64B4Br8N12O8. The number of benzene rings is 12. The van der Waals surface area contributed by atoms with Gasteiger partial charge in [-0.2, -0.15) is 0 Å². The van der Waals surface area contributed by atoms with Crippen molar-refractivity contribution < 1.29 is 55.1 Å². The van der Waals surface area contributed by atoms with E-state index in [4.69, 9.17) is 77.2 Å². The first kappa shape index (κ1) is 85.9. The standard InChI is InChI=1S/C100H64B4Br8N12O8/c105-77-3-19-85(20-4-77)113-54-65-42-66(55-114-86-21-5-78(106)6-22-86)47-73(46-65)101-121-39-35-93-97(62-121)129-102(125-93,74-48-67(56-115-87-23-7-79(107)8-24-87)43-68(49-74)57-116-88-25-9-80(108)10-26-88)122-40-37-95-99(64-122)131-104(127-95,76-52-71(60-119-91-31-15-83(111)16-32-91)45-72(53-76)61-120-92-33-17-84(112)18-34-92)124-38-1-2-96-100(124)132-103(128-96,123-41-36-94(126-101)98(63-123)130-101)75-50-69(58-117-89-27-11-81(109)12-28-89)44-70(51-75)59-118-90-29-13-82(110)14-30-90/h1-64H. The van der Waals surface area contributed by atoms with Crippen LogP contribution in [0.3, 0.4) is 0 Å². The summed E-state index contributed by atoms with van der Waals surface area (Å²) >= 11 is 29.0. The van der Waals surface area contributed by atoms with Crippen LogP contribution >= 0.6 is 127 Å². The number of nitrogens with zero attached hydrogens (tertiary/aromatic N) is 12. The van der Waals surface area contributed by atoms with E-state index in [2.05, 4.69) is 127 Å². The molecule has 5 aliphatic heterocycles. The average molecular weight is 2240 g/mol. The maximum atomic E-state index is 8.10. The molecule has 0 spiro atoms. The summed E-state index contributed by atoms with van der Waals surface area (Å²) in [5, 5.41) is 0. The fourth-order valence-corrected chi connectivity index (χ4v) is 18.5. The predicted molar refractivity (Wildman–Crippen MR) is 552 cm³/mol. The van der Waals surface area contributed by atoms with Crippen LogP contribution in [0.15, 0.2) is 416 Å². The van der Waals surface area contributed by atoms with Crippen LogP contribution in [-0.4, -0.2) is 76.5 Å². The lowest BCUT2D eigenvalue weighted by atomic mass is 9.62. The Labute approximate surface area is 825 Å². The Morgan fingerprint density at radius 2 is 0.394 bits per heavy atom. The van der Waals surface area contributed by atoms with Gasteiger partial charge in [0.25, 0.3) is 0 Å². The monoisotopic (exact) mass is 2240 g/mol. The third-order valence-corrected chi connectivity index (χ3v) is 26.9. The van der Waals surface area contributed by atoms with Crippen LogP contribution in [0.25, 0.3) is 0 Å². The van der Waals surface area contributed by atoms with Gasteiger partial charge in [0, 0.05) is 110 Å². The van der Waals surface area contributed by atoms with Crippen molar-refractivity contribution in [2.45, 2.75) is 0 Å². The molecule has 0 saturated heterocycles. The lowest BCUT2D eigenvalue weighted by Crippen LogP contribution is -2.80. The van der Waals surface area contributed by atoms with Gasteiger partial charge in [-0.05, 0) is 291 Å². The van der Waals surface area contributed by atoms with Crippen molar-refractivity contribution in [2.24, 2.45) is 39.9 Å². The van der Waals surface area contributed by atoms with Crippen molar-refractivity contribution in [2.75, 3.05) is 0 Å². The van der Waals surface area contributed by atoms with Crippen molar-refractivity contribution >= 4 is 271 Å². The Morgan fingerprint density at radius 1 is 0.197 bits per heavy atom. The maximum absolute atomic E-state index is 8.10. The van der Waals surface area contributed by atoms with Crippen molar-refractivity contribution in [3.63, 3.8) is 0 Å². The number of hydrogen-bond acceptors (Lipinski definition) is 16. The highest BCUT2D eigenvalue weighted by molar-refractivity contribution is 9.11. The lowest BCUT2D eigenvalue weighted by Gasteiger charge is -2.31. The Balaban J connectivity index is 0.821. The van der Waals surface area contributed by atoms with Gasteiger partial charge in [0.05, 0.1) is 45.5 Å². The van der Waals surface area contributed by atoms with E-state index in [1.807, 2.05) is 408 Å². The minimum absolute atomic E-state index is 0.206. The Morgan fingerprint density at radius 3 is 0.636 bits per heavy atom. The van der Waals surface area contributed by atoms with Crippen LogP contribution in [0.4, 0.5) is 45.5 Å². The van der Waals surface area contributed by atoms with Gasteiger partial charge >= 0.3 is 32.6 Å². The van der Waals surface area contributed by atoms with E-state index in [1.54, 1.807) is 0 Å². The van der Waals surface area contributed by atoms with Crippen molar-refractivity contribution in [3.8, 4) is 46.1 Å². The molecule has 0 N–H and O–H groups in total. The number of aliphatic imine (C=N–C) groups is 8. The summed E-state index contributed by atoms with van der Waals surface area (Å²) < 4.78 is 77.8. The normalized spacial score (nSPS) is 17.8. The van der Waals surface area contributed by atoms with Gasteiger partial charge in [0.15, 0.2) is 41.6 Å². The fourth-order valence-electron chi connectivity index (χ4n) is 16.4. The molecule has 16 aromatic rings. The molecule has 0 aliphatic carbocycles. The van der Waals surface area contributed by atoms with Gasteiger partial charge in [-0.3, -0.25) is 39.9 Å². The zero-order valence-electron chi connectivity index (χ0n) is 68.9. The Bertz CT molecular complexity index is 7240. The van der Waals surface area contributed by atoms with Crippen LogP contribution in [-0.2, 0) is 0 Å². The second-order valence-electron chi connectivity index (χ2n) is 31.7. The Kier molecular flexibility index (Phi) is 23.6. The second-order valence-corrected chi connectivity index (χ2v) is 39.0. The number of aromatic nitrogens is 4. The van der Waals surface area contributed by atoms with Gasteiger partial charge in [-0.1, -0.05) is 176 Å². The summed E-state index contributed by atoms with van der Waals surface area (Å²) in [5.41, 5.74) is 13.4. The molecule has 12 aromatic carbocycles. The van der Waals surface area contributed by atoms with Gasteiger partial charge in [-0.15, -0.1) is 0 Å². The smallest absolute Gasteiger partial charge is 0.616 e. The molecular weight excluding hydrogens is 2180 g/mol. The summed E-state index contributed by atoms with van der Waals surface area (Å²) in [4.78, 5) is 40.5. The molecule has 0 fully saturated rings. The molecule has 0 saturated carbocycles. The minimum Gasteiger partial charge on any atom is -0.616 e. The van der Waals surface area contributed by atoms with Gasteiger partial charge in [0.2, 0.25) is 0 Å². The quantitative estimate of drug-likeness (QED) is 0.0532. The molecule has 21 rings (SSSR count). The number of halogens is 8.